The molecule has 0 aliphatic carbocycles. The standard InChI is InChI=1S/C5H10O2.CH4O7S2/c1-2-3-4-5(6)7;2-9(3,4)1-8-10(5,6)7/h2-4H2,1H3,(H,6,7);1H2,(H,2,3,4)(H,5,6,7). The molecule has 0 radical (unpaired) electrons. The zero-order chi connectivity index (χ0) is 14.1. The number of carboxylic acids is 1. The van der Waals surface area contributed by atoms with E-state index in [9.17, 15) is 21.6 Å². The Morgan fingerprint density at radius 2 is 1.65 bits per heavy atom. The van der Waals surface area contributed by atoms with Gasteiger partial charge in [-0.15, -0.1) is 0 Å². The van der Waals surface area contributed by atoms with Crippen LogP contribution in [0.1, 0.15) is 26.2 Å². The zero-order valence-electron chi connectivity index (χ0n) is 8.94. The molecule has 17 heavy (non-hydrogen) atoms. The molecule has 9 nitrogen and oxygen atoms in total. The summed E-state index contributed by atoms with van der Waals surface area (Å²) in [4.78, 5) is 9.76. The van der Waals surface area contributed by atoms with Gasteiger partial charge in [0.15, 0.2) is 5.94 Å². The summed E-state index contributed by atoms with van der Waals surface area (Å²) in [5.41, 5.74) is 0. The summed E-state index contributed by atoms with van der Waals surface area (Å²) in [6.07, 6.45) is 2.08. The molecule has 0 aromatic rings. The Bertz CT molecular complexity index is 375. The lowest BCUT2D eigenvalue weighted by Gasteiger charge is -1.93. The first-order valence-corrected chi connectivity index (χ1v) is 7.24. The lowest BCUT2D eigenvalue weighted by Crippen LogP contribution is -2.12. The zero-order valence-corrected chi connectivity index (χ0v) is 10.6. The van der Waals surface area contributed by atoms with Gasteiger partial charge in [-0.25, -0.2) is 4.18 Å². The normalized spacial score (nSPS) is 11.5. The van der Waals surface area contributed by atoms with Gasteiger partial charge in [-0.05, 0) is 6.42 Å². The van der Waals surface area contributed by atoms with Crippen molar-refractivity contribution in [1.82, 2.24) is 0 Å². The van der Waals surface area contributed by atoms with E-state index in [0.717, 1.165) is 12.8 Å². The monoisotopic (exact) mass is 294 g/mol. The fraction of sp³-hybridized carbons (Fsp3) is 0.833. The van der Waals surface area contributed by atoms with Gasteiger partial charge in [0, 0.05) is 6.42 Å². The number of carboxylic acid groups (broad SMARTS) is 1. The van der Waals surface area contributed by atoms with Crippen LogP contribution in [0.3, 0.4) is 0 Å². The van der Waals surface area contributed by atoms with E-state index in [1.54, 1.807) is 0 Å². The highest BCUT2D eigenvalue weighted by Crippen LogP contribution is 1.91. The third-order valence-corrected chi connectivity index (χ3v) is 2.07. The lowest BCUT2D eigenvalue weighted by atomic mass is 10.3. The largest absolute Gasteiger partial charge is 0.481 e. The smallest absolute Gasteiger partial charge is 0.398 e. The predicted octanol–water partition coefficient (Wildman–Crippen LogP) is -0.0877. The van der Waals surface area contributed by atoms with Crippen molar-refractivity contribution < 1.29 is 40.0 Å². The van der Waals surface area contributed by atoms with Crippen molar-refractivity contribution in [3.05, 3.63) is 0 Å². The topological polar surface area (TPSA) is 155 Å². The summed E-state index contributed by atoms with van der Waals surface area (Å²) in [5.74, 6) is -2.17. The number of hydrogen-bond acceptors (Lipinski definition) is 6. The Morgan fingerprint density at radius 3 is 1.76 bits per heavy atom. The van der Waals surface area contributed by atoms with Gasteiger partial charge in [-0.2, -0.15) is 16.8 Å². The van der Waals surface area contributed by atoms with Gasteiger partial charge >= 0.3 is 16.4 Å². The van der Waals surface area contributed by atoms with E-state index in [1.807, 2.05) is 6.92 Å². The molecule has 0 heterocycles. The predicted molar refractivity (Wildman–Crippen MR) is 56.2 cm³/mol. The molecule has 0 aromatic heterocycles. The van der Waals surface area contributed by atoms with Crippen LogP contribution in [0.4, 0.5) is 0 Å². The first kappa shape index (κ1) is 18.6. The van der Waals surface area contributed by atoms with E-state index in [1.165, 1.54) is 0 Å². The Balaban J connectivity index is 0. The van der Waals surface area contributed by atoms with Gasteiger partial charge in [0.1, 0.15) is 0 Å². The van der Waals surface area contributed by atoms with Crippen LogP contribution in [0, 0.1) is 0 Å². The minimum absolute atomic E-state index is 0.316. The van der Waals surface area contributed by atoms with Crippen LogP contribution >= 0.6 is 0 Å². The Morgan fingerprint density at radius 1 is 1.18 bits per heavy atom. The Hall–Kier alpha value is -0.750. The fourth-order valence-electron chi connectivity index (χ4n) is 0.450. The maximum absolute atomic E-state index is 9.76. The second-order valence-electron chi connectivity index (χ2n) is 2.74. The molecule has 0 atom stereocenters. The number of hydrogen-bond donors (Lipinski definition) is 3. The van der Waals surface area contributed by atoms with Crippen molar-refractivity contribution in [1.29, 1.82) is 0 Å². The molecular formula is C6H14O9S2. The van der Waals surface area contributed by atoms with Gasteiger partial charge in [0.2, 0.25) is 0 Å². The number of rotatable bonds is 6. The molecule has 0 rings (SSSR count). The SMILES string of the molecule is CCCCC(=O)O.O=S(=O)(O)COS(=O)(=O)O. The second-order valence-corrected chi connectivity index (χ2v) is 5.23. The highest BCUT2D eigenvalue weighted by molar-refractivity contribution is 7.87. The highest BCUT2D eigenvalue weighted by atomic mass is 32.3. The molecule has 0 saturated carbocycles. The summed E-state index contributed by atoms with van der Waals surface area (Å²) in [6, 6.07) is 0. The molecule has 0 spiro atoms. The summed E-state index contributed by atoms with van der Waals surface area (Å²) < 4.78 is 57.6. The molecule has 0 aromatic carbocycles. The molecular weight excluding hydrogens is 280 g/mol. The van der Waals surface area contributed by atoms with E-state index >= 15 is 0 Å². The van der Waals surface area contributed by atoms with Crippen LogP contribution in [0.25, 0.3) is 0 Å². The average molecular weight is 294 g/mol. The molecule has 0 bridgehead atoms. The van der Waals surface area contributed by atoms with Crippen molar-refractivity contribution in [2.75, 3.05) is 5.94 Å². The van der Waals surface area contributed by atoms with Crippen LogP contribution in [-0.2, 0) is 29.5 Å². The van der Waals surface area contributed by atoms with Crippen molar-refractivity contribution in [2.45, 2.75) is 26.2 Å². The summed E-state index contributed by atoms with van der Waals surface area (Å²) in [6.45, 7) is 1.98. The van der Waals surface area contributed by atoms with Gasteiger partial charge in [0.25, 0.3) is 10.1 Å². The van der Waals surface area contributed by atoms with Gasteiger partial charge in [-0.3, -0.25) is 13.9 Å². The summed E-state index contributed by atoms with van der Waals surface area (Å²) >= 11 is 0. The van der Waals surface area contributed by atoms with Crippen LogP contribution < -0.4 is 0 Å². The Kier molecular flexibility index (Phi) is 9.15. The van der Waals surface area contributed by atoms with Gasteiger partial charge < -0.3 is 5.11 Å². The summed E-state index contributed by atoms with van der Waals surface area (Å²) in [7, 11) is -9.32. The van der Waals surface area contributed by atoms with Crippen molar-refractivity contribution in [3.8, 4) is 0 Å². The minimum atomic E-state index is -4.80. The number of aliphatic carboxylic acids is 1. The molecule has 0 unspecified atom stereocenters. The minimum Gasteiger partial charge on any atom is -0.481 e. The van der Waals surface area contributed by atoms with Crippen molar-refractivity contribution in [3.63, 3.8) is 0 Å². The van der Waals surface area contributed by atoms with E-state index in [0.29, 0.717) is 6.42 Å². The molecule has 104 valence electrons. The summed E-state index contributed by atoms with van der Waals surface area (Å²) in [5, 5.41) is 8.04. The number of unbranched alkanes of at least 4 members (excludes halogenated alkanes) is 1. The maximum Gasteiger partial charge on any atom is 0.398 e. The third-order valence-electron chi connectivity index (χ3n) is 1.09. The first-order chi connectivity index (χ1) is 7.48. The maximum atomic E-state index is 9.76. The van der Waals surface area contributed by atoms with E-state index in [-0.39, 0.29) is 0 Å². The molecule has 0 aliphatic heterocycles. The van der Waals surface area contributed by atoms with Crippen molar-refractivity contribution >= 4 is 26.5 Å². The van der Waals surface area contributed by atoms with Crippen LogP contribution in [0.5, 0.6) is 0 Å². The lowest BCUT2D eigenvalue weighted by molar-refractivity contribution is -0.137. The van der Waals surface area contributed by atoms with E-state index in [2.05, 4.69) is 4.18 Å². The van der Waals surface area contributed by atoms with Crippen molar-refractivity contribution in [2.24, 2.45) is 0 Å². The quantitative estimate of drug-likeness (QED) is 0.570. The molecule has 0 saturated heterocycles. The van der Waals surface area contributed by atoms with E-state index < -0.39 is 32.4 Å². The molecule has 3 N–H and O–H groups in total. The third kappa shape index (κ3) is 25.5. The van der Waals surface area contributed by atoms with Gasteiger partial charge in [0.05, 0.1) is 0 Å². The van der Waals surface area contributed by atoms with Crippen LogP contribution in [-0.4, -0.2) is 43.0 Å². The number of carbonyl (C=O) groups is 1. The van der Waals surface area contributed by atoms with Crippen LogP contribution in [0.15, 0.2) is 0 Å². The van der Waals surface area contributed by atoms with Gasteiger partial charge in [-0.1, -0.05) is 13.3 Å². The molecule has 0 amide bonds. The Labute approximate surface area is 99.1 Å². The molecule has 0 aliphatic rings. The fourth-order valence-corrected chi connectivity index (χ4v) is 1.42. The van der Waals surface area contributed by atoms with E-state index in [4.69, 9.17) is 14.2 Å². The first-order valence-electron chi connectivity index (χ1n) is 4.26. The second kappa shape index (κ2) is 8.36. The average Bonchev–Trinajstić information content (AvgIpc) is 2.10. The molecule has 0 fully saturated rings. The molecule has 11 heteroatoms. The highest BCUT2D eigenvalue weighted by Gasteiger charge is 2.11. The van der Waals surface area contributed by atoms with Crippen LogP contribution in [0.2, 0.25) is 0 Å².